The number of anilines is 1. The van der Waals surface area contributed by atoms with Gasteiger partial charge in [-0.25, -0.2) is 4.79 Å². The molecule has 5 heteroatoms. The molecule has 20 heavy (non-hydrogen) atoms. The van der Waals surface area contributed by atoms with Crippen LogP contribution in [0.25, 0.3) is 0 Å². The van der Waals surface area contributed by atoms with E-state index in [9.17, 15) is 9.59 Å². The van der Waals surface area contributed by atoms with Gasteiger partial charge in [-0.1, -0.05) is 31.9 Å². The van der Waals surface area contributed by atoms with Crippen molar-refractivity contribution in [3.8, 4) is 0 Å². The van der Waals surface area contributed by atoms with Gasteiger partial charge >= 0.3 is 5.97 Å². The van der Waals surface area contributed by atoms with E-state index in [1.165, 1.54) is 12.1 Å². The van der Waals surface area contributed by atoms with Gasteiger partial charge in [0.15, 0.2) is 0 Å². The van der Waals surface area contributed by atoms with Crippen molar-refractivity contribution >= 4 is 29.2 Å². The van der Waals surface area contributed by atoms with Gasteiger partial charge in [-0.05, 0) is 36.5 Å². The summed E-state index contributed by atoms with van der Waals surface area (Å²) < 4.78 is 0. The van der Waals surface area contributed by atoms with E-state index in [2.05, 4.69) is 19.2 Å². The molecule has 0 heterocycles. The Bertz CT molecular complexity index is 554. The Balaban J connectivity index is 2.16. The number of nitrogens with one attached hydrogen (secondary N) is 1. The van der Waals surface area contributed by atoms with Crippen LogP contribution in [-0.4, -0.2) is 17.0 Å². The molecule has 1 aliphatic rings. The SMILES string of the molecule is CC1(C)CCCC1C(=O)Nc1ccc(Cl)c(C(=O)O)c1. The van der Waals surface area contributed by atoms with Gasteiger partial charge in [0, 0.05) is 11.6 Å². The summed E-state index contributed by atoms with van der Waals surface area (Å²) in [5.41, 5.74) is 0.459. The predicted molar refractivity (Wildman–Crippen MR) is 78.2 cm³/mol. The normalized spacial score (nSPS) is 20.6. The van der Waals surface area contributed by atoms with Crippen molar-refractivity contribution < 1.29 is 14.7 Å². The molecule has 2 rings (SSSR count). The average molecular weight is 296 g/mol. The zero-order valence-corrected chi connectivity index (χ0v) is 12.3. The molecule has 0 aromatic heterocycles. The molecule has 1 aliphatic carbocycles. The molecular weight excluding hydrogens is 278 g/mol. The first-order valence-electron chi connectivity index (χ1n) is 6.65. The Morgan fingerprint density at radius 2 is 2.10 bits per heavy atom. The van der Waals surface area contributed by atoms with Crippen molar-refractivity contribution in [1.29, 1.82) is 0 Å². The van der Waals surface area contributed by atoms with E-state index in [-0.39, 0.29) is 27.8 Å². The van der Waals surface area contributed by atoms with Gasteiger partial charge in [-0.3, -0.25) is 4.79 Å². The van der Waals surface area contributed by atoms with Gasteiger partial charge in [0.25, 0.3) is 0 Å². The van der Waals surface area contributed by atoms with Gasteiger partial charge in [-0.15, -0.1) is 0 Å². The lowest BCUT2D eigenvalue weighted by atomic mass is 9.81. The molecule has 0 spiro atoms. The van der Waals surface area contributed by atoms with Crippen LogP contribution in [0.1, 0.15) is 43.5 Å². The number of carbonyl (C=O) groups is 2. The zero-order valence-electron chi connectivity index (χ0n) is 11.6. The summed E-state index contributed by atoms with van der Waals surface area (Å²) in [6.07, 6.45) is 2.95. The van der Waals surface area contributed by atoms with Crippen LogP contribution >= 0.6 is 11.6 Å². The van der Waals surface area contributed by atoms with Crippen molar-refractivity contribution in [1.82, 2.24) is 0 Å². The van der Waals surface area contributed by atoms with E-state index in [4.69, 9.17) is 16.7 Å². The number of halogens is 1. The topological polar surface area (TPSA) is 66.4 Å². The fraction of sp³-hybridized carbons (Fsp3) is 0.467. The number of carbonyl (C=O) groups excluding carboxylic acids is 1. The van der Waals surface area contributed by atoms with Crippen LogP contribution in [0, 0.1) is 11.3 Å². The standard InChI is InChI=1S/C15H18ClNO3/c1-15(2)7-3-4-11(15)13(18)17-9-5-6-12(16)10(8-9)14(19)20/h5-6,8,11H,3-4,7H2,1-2H3,(H,17,18)(H,19,20). The number of rotatable bonds is 3. The number of hydrogen-bond acceptors (Lipinski definition) is 2. The lowest BCUT2D eigenvalue weighted by molar-refractivity contribution is -0.122. The van der Waals surface area contributed by atoms with Crippen LogP contribution in [0.15, 0.2) is 18.2 Å². The first-order chi connectivity index (χ1) is 9.31. The molecule has 1 aromatic carbocycles. The minimum absolute atomic E-state index is 0.00449. The molecule has 4 nitrogen and oxygen atoms in total. The first-order valence-corrected chi connectivity index (χ1v) is 7.03. The van der Waals surface area contributed by atoms with Gasteiger partial charge in [0.1, 0.15) is 0 Å². The summed E-state index contributed by atoms with van der Waals surface area (Å²) >= 11 is 5.81. The molecule has 1 atom stereocenters. The summed E-state index contributed by atoms with van der Waals surface area (Å²) in [6.45, 7) is 4.18. The highest BCUT2D eigenvalue weighted by atomic mass is 35.5. The molecule has 0 radical (unpaired) electrons. The van der Waals surface area contributed by atoms with E-state index >= 15 is 0 Å². The number of carboxylic acid groups (broad SMARTS) is 1. The largest absolute Gasteiger partial charge is 0.478 e. The van der Waals surface area contributed by atoms with Crippen LogP contribution in [0.5, 0.6) is 0 Å². The third kappa shape index (κ3) is 2.96. The van der Waals surface area contributed by atoms with Crippen molar-refractivity contribution in [2.45, 2.75) is 33.1 Å². The highest BCUT2D eigenvalue weighted by Gasteiger charge is 2.39. The summed E-state index contributed by atoms with van der Waals surface area (Å²) in [5.74, 6) is -1.19. The fourth-order valence-corrected chi connectivity index (χ4v) is 3.01. The van der Waals surface area contributed by atoms with E-state index in [1.807, 2.05) is 0 Å². The molecule has 0 aliphatic heterocycles. The molecule has 1 amide bonds. The fourth-order valence-electron chi connectivity index (χ4n) is 2.81. The monoisotopic (exact) mass is 295 g/mol. The molecule has 0 bridgehead atoms. The lowest BCUT2D eigenvalue weighted by Crippen LogP contribution is -2.30. The first kappa shape index (κ1) is 14.9. The molecule has 1 aromatic rings. The maximum absolute atomic E-state index is 12.3. The van der Waals surface area contributed by atoms with Gasteiger partial charge in [0.05, 0.1) is 10.6 Å². The van der Waals surface area contributed by atoms with Crippen LogP contribution in [0.4, 0.5) is 5.69 Å². The van der Waals surface area contributed by atoms with Crippen LogP contribution in [0.3, 0.4) is 0 Å². The van der Waals surface area contributed by atoms with Gasteiger partial charge in [0.2, 0.25) is 5.91 Å². The summed E-state index contributed by atoms with van der Waals surface area (Å²) in [6, 6.07) is 4.50. The summed E-state index contributed by atoms with van der Waals surface area (Å²) in [4.78, 5) is 23.3. The Morgan fingerprint density at radius 3 is 2.65 bits per heavy atom. The van der Waals surface area contributed by atoms with E-state index in [1.54, 1.807) is 6.07 Å². The van der Waals surface area contributed by atoms with Crippen molar-refractivity contribution in [3.63, 3.8) is 0 Å². The molecule has 2 N–H and O–H groups in total. The van der Waals surface area contributed by atoms with E-state index in [0.717, 1.165) is 19.3 Å². The van der Waals surface area contributed by atoms with Crippen LogP contribution in [-0.2, 0) is 4.79 Å². The zero-order chi connectivity index (χ0) is 14.9. The van der Waals surface area contributed by atoms with Crippen molar-refractivity contribution in [2.75, 3.05) is 5.32 Å². The molecule has 1 fully saturated rings. The molecular formula is C15H18ClNO3. The molecule has 108 valence electrons. The lowest BCUT2D eigenvalue weighted by Gasteiger charge is -2.25. The second-order valence-electron chi connectivity index (χ2n) is 5.92. The van der Waals surface area contributed by atoms with E-state index < -0.39 is 5.97 Å². The van der Waals surface area contributed by atoms with Crippen molar-refractivity contribution in [3.05, 3.63) is 28.8 Å². The second kappa shape index (κ2) is 5.44. The van der Waals surface area contributed by atoms with Crippen molar-refractivity contribution in [2.24, 2.45) is 11.3 Å². The quantitative estimate of drug-likeness (QED) is 0.891. The second-order valence-corrected chi connectivity index (χ2v) is 6.33. The maximum atomic E-state index is 12.3. The minimum atomic E-state index is -1.10. The smallest absolute Gasteiger partial charge is 0.337 e. The summed E-state index contributed by atoms with van der Waals surface area (Å²) in [7, 11) is 0. The highest BCUT2D eigenvalue weighted by Crippen LogP contribution is 2.43. The number of hydrogen-bond donors (Lipinski definition) is 2. The number of carboxylic acids is 1. The Labute approximate surface area is 123 Å². The van der Waals surface area contributed by atoms with Crippen LogP contribution < -0.4 is 5.32 Å². The minimum Gasteiger partial charge on any atom is -0.478 e. The number of benzene rings is 1. The molecule has 0 saturated heterocycles. The third-order valence-electron chi connectivity index (χ3n) is 4.04. The Morgan fingerprint density at radius 1 is 1.40 bits per heavy atom. The van der Waals surface area contributed by atoms with Crippen LogP contribution in [0.2, 0.25) is 5.02 Å². The van der Waals surface area contributed by atoms with E-state index in [0.29, 0.717) is 5.69 Å². The Hall–Kier alpha value is -1.55. The maximum Gasteiger partial charge on any atom is 0.337 e. The number of amides is 1. The Kier molecular flexibility index (Phi) is 4.04. The van der Waals surface area contributed by atoms with Gasteiger partial charge < -0.3 is 10.4 Å². The highest BCUT2D eigenvalue weighted by molar-refractivity contribution is 6.33. The molecule has 1 unspecified atom stereocenters. The number of aromatic carboxylic acids is 1. The summed E-state index contributed by atoms with van der Waals surface area (Å²) in [5, 5.41) is 12.0. The van der Waals surface area contributed by atoms with Gasteiger partial charge in [-0.2, -0.15) is 0 Å². The average Bonchev–Trinajstić information content (AvgIpc) is 2.71. The molecule has 1 saturated carbocycles. The predicted octanol–water partition coefficient (Wildman–Crippen LogP) is 3.80. The third-order valence-corrected chi connectivity index (χ3v) is 4.37.